The normalized spacial score (nSPS) is 11.7. The number of hydrogen-bond acceptors (Lipinski definition) is 6. The SMILES string of the molecule is CC(C)(Nc1ncnc2ccc(N)cc12)c1nccs1. The molecule has 20 heavy (non-hydrogen) atoms. The van der Waals surface area contributed by atoms with Crippen LogP contribution in [0.4, 0.5) is 11.5 Å². The number of rotatable bonds is 3. The lowest BCUT2D eigenvalue weighted by molar-refractivity contribution is 0.602. The summed E-state index contributed by atoms with van der Waals surface area (Å²) in [6.45, 7) is 4.15. The van der Waals surface area contributed by atoms with Crippen molar-refractivity contribution >= 4 is 33.7 Å². The van der Waals surface area contributed by atoms with Crippen molar-refractivity contribution in [1.29, 1.82) is 0 Å². The Hall–Kier alpha value is -2.21. The van der Waals surface area contributed by atoms with E-state index in [9.17, 15) is 0 Å². The largest absolute Gasteiger partial charge is 0.399 e. The number of benzene rings is 1. The second kappa shape index (κ2) is 4.72. The van der Waals surface area contributed by atoms with Crippen molar-refractivity contribution in [1.82, 2.24) is 15.0 Å². The van der Waals surface area contributed by atoms with Crippen molar-refractivity contribution in [3.05, 3.63) is 41.1 Å². The molecule has 2 aromatic heterocycles. The molecule has 5 nitrogen and oxygen atoms in total. The number of aromatic nitrogens is 3. The average Bonchev–Trinajstić information content (AvgIpc) is 2.94. The van der Waals surface area contributed by atoms with Crippen LogP contribution in [-0.2, 0) is 5.54 Å². The minimum Gasteiger partial charge on any atom is -0.399 e. The molecule has 3 rings (SSSR count). The maximum absolute atomic E-state index is 5.86. The van der Waals surface area contributed by atoms with E-state index in [1.165, 1.54) is 0 Å². The molecule has 0 aliphatic rings. The maximum Gasteiger partial charge on any atom is 0.138 e. The minimum absolute atomic E-state index is 0.306. The summed E-state index contributed by atoms with van der Waals surface area (Å²) in [6.07, 6.45) is 3.36. The Morgan fingerprint density at radius 3 is 2.80 bits per heavy atom. The molecule has 0 atom stereocenters. The number of hydrogen-bond donors (Lipinski definition) is 2. The lowest BCUT2D eigenvalue weighted by Crippen LogP contribution is -2.28. The first-order valence-corrected chi connectivity index (χ1v) is 7.12. The molecule has 0 bridgehead atoms. The van der Waals surface area contributed by atoms with E-state index in [1.807, 2.05) is 23.6 Å². The van der Waals surface area contributed by atoms with Crippen molar-refractivity contribution in [2.45, 2.75) is 19.4 Å². The molecular weight excluding hydrogens is 270 g/mol. The van der Waals surface area contributed by atoms with Crippen molar-refractivity contribution in [3.8, 4) is 0 Å². The van der Waals surface area contributed by atoms with Gasteiger partial charge in [0.05, 0.1) is 11.1 Å². The molecule has 0 saturated heterocycles. The van der Waals surface area contributed by atoms with Gasteiger partial charge in [-0.3, -0.25) is 0 Å². The van der Waals surface area contributed by atoms with Crippen LogP contribution < -0.4 is 11.1 Å². The number of nitrogens with one attached hydrogen (secondary N) is 1. The molecule has 2 heterocycles. The van der Waals surface area contributed by atoms with Crippen LogP contribution in [0.1, 0.15) is 18.9 Å². The molecule has 0 fully saturated rings. The smallest absolute Gasteiger partial charge is 0.138 e. The Labute approximate surface area is 120 Å². The van der Waals surface area contributed by atoms with Crippen LogP contribution >= 0.6 is 11.3 Å². The van der Waals surface area contributed by atoms with E-state index in [0.717, 1.165) is 21.7 Å². The summed E-state index contributed by atoms with van der Waals surface area (Å²) in [6, 6.07) is 5.62. The molecule has 0 saturated carbocycles. The van der Waals surface area contributed by atoms with Gasteiger partial charge in [-0.25, -0.2) is 15.0 Å². The van der Waals surface area contributed by atoms with Gasteiger partial charge in [-0.05, 0) is 32.0 Å². The number of thiazole rings is 1. The zero-order chi connectivity index (χ0) is 14.2. The number of anilines is 2. The van der Waals surface area contributed by atoms with E-state index in [4.69, 9.17) is 5.73 Å². The highest BCUT2D eigenvalue weighted by Gasteiger charge is 2.24. The molecule has 0 radical (unpaired) electrons. The highest BCUT2D eigenvalue weighted by molar-refractivity contribution is 7.09. The van der Waals surface area contributed by atoms with Crippen molar-refractivity contribution in [2.75, 3.05) is 11.1 Å². The molecule has 102 valence electrons. The van der Waals surface area contributed by atoms with Gasteiger partial charge in [0.25, 0.3) is 0 Å². The Balaban J connectivity index is 2.05. The van der Waals surface area contributed by atoms with Crippen LogP contribution in [-0.4, -0.2) is 15.0 Å². The third-order valence-electron chi connectivity index (χ3n) is 3.06. The fraction of sp³-hybridized carbons (Fsp3) is 0.214. The second-order valence-electron chi connectivity index (χ2n) is 5.09. The monoisotopic (exact) mass is 285 g/mol. The van der Waals surface area contributed by atoms with Gasteiger partial charge in [0.15, 0.2) is 0 Å². The summed E-state index contributed by atoms with van der Waals surface area (Å²) in [4.78, 5) is 13.0. The fourth-order valence-electron chi connectivity index (χ4n) is 2.06. The third-order valence-corrected chi connectivity index (χ3v) is 4.15. The van der Waals surface area contributed by atoms with Crippen molar-refractivity contribution in [2.24, 2.45) is 0 Å². The molecule has 3 N–H and O–H groups in total. The Kier molecular flexibility index (Phi) is 3.02. The molecule has 0 aliphatic carbocycles. The first-order chi connectivity index (χ1) is 9.56. The van der Waals surface area contributed by atoms with Gasteiger partial charge >= 0.3 is 0 Å². The van der Waals surface area contributed by atoms with Gasteiger partial charge < -0.3 is 11.1 Å². The van der Waals surface area contributed by atoms with Gasteiger partial charge in [-0.15, -0.1) is 11.3 Å². The van der Waals surface area contributed by atoms with Gasteiger partial charge in [0.2, 0.25) is 0 Å². The lowest BCUT2D eigenvalue weighted by atomic mass is 10.1. The first kappa shape index (κ1) is 12.8. The molecule has 3 aromatic rings. The van der Waals surface area contributed by atoms with Crippen molar-refractivity contribution < 1.29 is 0 Å². The minimum atomic E-state index is -0.306. The standard InChI is InChI=1S/C14H15N5S/c1-14(2,13-16-5-6-20-13)19-12-10-7-9(15)3-4-11(10)17-8-18-12/h3-8H,15H2,1-2H3,(H,17,18,19). The van der Waals surface area contributed by atoms with Crippen LogP contribution in [0.25, 0.3) is 10.9 Å². The van der Waals surface area contributed by atoms with E-state index >= 15 is 0 Å². The molecule has 0 spiro atoms. The molecule has 6 heteroatoms. The summed E-state index contributed by atoms with van der Waals surface area (Å²) in [5.74, 6) is 0.766. The van der Waals surface area contributed by atoms with Crippen LogP contribution in [0.3, 0.4) is 0 Å². The number of fused-ring (bicyclic) bond motifs is 1. The number of nitrogens with zero attached hydrogens (tertiary/aromatic N) is 3. The summed E-state index contributed by atoms with van der Waals surface area (Å²) in [5.41, 5.74) is 7.12. The highest BCUT2D eigenvalue weighted by Crippen LogP contribution is 2.29. The molecule has 1 aromatic carbocycles. The van der Waals surface area contributed by atoms with E-state index in [1.54, 1.807) is 23.9 Å². The Morgan fingerprint density at radius 2 is 2.05 bits per heavy atom. The van der Waals surface area contributed by atoms with Crippen molar-refractivity contribution in [3.63, 3.8) is 0 Å². The van der Waals surface area contributed by atoms with Gasteiger partial charge in [-0.1, -0.05) is 0 Å². The maximum atomic E-state index is 5.86. The summed E-state index contributed by atoms with van der Waals surface area (Å²) in [5, 5.41) is 7.32. The number of nitrogen functional groups attached to an aromatic ring is 1. The van der Waals surface area contributed by atoms with Crippen LogP contribution in [0.2, 0.25) is 0 Å². The number of nitrogens with two attached hydrogens (primary N) is 1. The molecule has 0 amide bonds. The Morgan fingerprint density at radius 1 is 1.20 bits per heavy atom. The summed E-state index contributed by atoms with van der Waals surface area (Å²) in [7, 11) is 0. The Bertz CT molecular complexity index is 736. The quantitative estimate of drug-likeness (QED) is 0.723. The van der Waals surface area contributed by atoms with E-state index < -0.39 is 0 Å². The van der Waals surface area contributed by atoms with Gasteiger partial charge in [0.1, 0.15) is 17.2 Å². The third kappa shape index (κ3) is 2.30. The summed E-state index contributed by atoms with van der Waals surface area (Å²) < 4.78 is 0. The first-order valence-electron chi connectivity index (χ1n) is 6.25. The zero-order valence-electron chi connectivity index (χ0n) is 11.3. The summed E-state index contributed by atoms with van der Waals surface area (Å²) >= 11 is 1.62. The highest BCUT2D eigenvalue weighted by atomic mass is 32.1. The molecule has 0 aliphatic heterocycles. The van der Waals surface area contributed by atoms with Gasteiger partial charge in [0, 0.05) is 22.7 Å². The topological polar surface area (TPSA) is 76.7 Å². The predicted octanol–water partition coefficient (Wildman–Crippen LogP) is 3.02. The van der Waals surface area contributed by atoms with E-state index in [2.05, 4.69) is 34.1 Å². The fourth-order valence-corrected chi connectivity index (χ4v) is 2.77. The molecular formula is C14H15N5S. The van der Waals surface area contributed by atoms with Crippen LogP contribution in [0.5, 0.6) is 0 Å². The van der Waals surface area contributed by atoms with E-state index in [-0.39, 0.29) is 5.54 Å². The second-order valence-corrected chi connectivity index (χ2v) is 5.98. The van der Waals surface area contributed by atoms with Gasteiger partial charge in [-0.2, -0.15) is 0 Å². The average molecular weight is 285 g/mol. The zero-order valence-corrected chi connectivity index (χ0v) is 12.1. The van der Waals surface area contributed by atoms with Crippen LogP contribution in [0.15, 0.2) is 36.1 Å². The predicted molar refractivity (Wildman–Crippen MR) is 82.7 cm³/mol. The lowest BCUT2D eigenvalue weighted by Gasteiger charge is -2.25. The van der Waals surface area contributed by atoms with Crippen LogP contribution in [0, 0.1) is 0 Å². The van der Waals surface area contributed by atoms with E-state index in [0.29, 0.717) is 5.69 Å². The molecule has 0 unspecified atom stereocenters.